The number of sulfonamides is 1. The lowest BCUT2D eigenvalue weighted by Gasteiger charge is -2.16. The fourth-order valence-corrected chi connectivity index (χ4v) is 4.32. The number of benzene rings is 1. The van der Waals surface area contributed by atoms with Gasteiger partial charge in [-0.3, -0.25) is 0 Å². The van der Waals surface area contributed by atoms with Gasteiger partial charge in [0, 0.05) is 4.88 Å². The lowest BCUT2D eigenvalue weighted by atomic mass is 10.2. The molecular weight excluding hydrogens is 304 g/mol. The van der Waals surface area contributed by atoms with Gasteiger partial charge in [-0.1, -0.05) is 25.1 Å². The Morgan fingerprint density at radius 2 is 1.95 bits per heavy atom. The molecule has 0 bridgehead atoms. The summed E-state index contributed by atoms with van der Waals surface area (Å²) in [7, 11) is -3.50. The third kappa shape index (κ3) is 4.14. The van der Waals surface area contributed by atoms with E-state index in [9.17, 15) is 8.42 Å². The maximum absolute atomic E-state index is 12.4. The van der Waals surface area contributed by atoms with Gasteiger partial charge in [0.15, 0.2) is 0 Å². The Bertz CT molecular complexity index is 649. The Balaban J connectivity index is 2.17. The van der Waals surface area contributed by atoms with E-state index >= 15 is 0 Å². The molecule has 0 aliphatic heterocycles. The van der Waals surface area contributed by atoms with E-state index in [-0.39, 0.29) is 6.04 Å². The van der Waals surface area contributed by atoms with Crippen LogP contribution in [0.2, 0.25) is 0 Å². The molecule has 6 heteroatoms. The Morgan fingerprint density at radius 3 is 2.48 bits per heavy atom. The monoisotopic (exact) mass is 324 g/mol. The number of hydrogen-bond acceptors (Lipinski definition) is 4. The number of hydrogen-bond donors (Lipinski definition) is 2. The zero-order valence-corrected chi connectivity index (χ0v) is 13.6. The lowest BCUT2D eigenvalue weighted by Crippen LogP contribution is -2.27. The molecule has 3 N–H and O–H groups in total. The number of thiophene rings is 1. The first-order chi connectivity index (χ1) is 10.1. The lowest BCUT2D eigenvalue weighted by molar-refractivity contribution is 0.553. The van der Waals surface area contributed by atoms with Crippen LogP contribution in [0.15, 0.2) is 46.7 Å². The molecule has 1 aromatic heterocycles. The first-order valence-electron chi connectivity index (χ1n) is 6.91. The van der Waals surface area contributed by atoms with Gasteiger partial charge in [0.2, 0.25) is 10.0 Å². The molecule has 1 atom stereocenters. The molecule has 0 saturated heterocycles. The van der Waals surface area contributed by atoms with E-state index in [1.165, 1.54) is 0 Å². The molecule has 4 nitrogen and oxygen atoms in total. The maximum atomic E-state index is 12.4. The molecule has 2 rings (SSSR count). The third-order valence-electron chi connectivity index (χ3n) is 3.26. The fraction of sp³-hybridized carbons (Fsp3) is 0.333. The van der Waals surface area contributed by atoms with Gasteiger partial charge in [0.1, 0.15) is 0 Å². The van der Waals surface area contributed by atoms with Crippen LogP contribution in [0, 0.1) is 0 Å². The van der Waals surface area contributed by atoms with Crippen molar-refractivity contribution in [3.63, 3.8) is 0 Å². The summed E-state index contributed by atoms with van der Waals surface area (Å²) in [6.07, 6.45) is 1.46. The molecule has 1 heterocycles. The van der Waals surface area contributed by atoms with Crippen LogP contribution in [-0.2, 0) is 16.4 Å². The van der Waals surface area contributed by atoms with Gasteiger partial charge < -0.3 is 5.73 Å². The van der Waals surface area contributed by atoms with E-state index in [2.05, 4.69) is 4.72 Å². The normalized spacial score (nSPS) is 13.2. The molecule has 1 unspecified atom stereocenters. The first kappa shape index (κ1) is 16.2. The predicted molar refractivity (Wildman–Crippen MR) is 86.9 cm³/mol. The van der Waals surface area contributed by atoms with E-state index in [4.69, 9.17) is 5.73 Å². The summed E-state index contributed by atoms with van der Waals surface area (Å²) in [6, 6.07) is 10.6. The molecule has 0 aliphatic rings. The third-order valence-corrected chi connectivity index (χ3v) is 5.73. The predicted octanol–water partition coefficient (Wildman–Crippen LogP) is 2.68. The largest absolute Gasteiger partial charge is 0.330 e. The molecule has 0 radical (unpaired) electrons. The van der Waals surface area contributed by atoms with Crippen molar-refractivity contribution < 1.29 is 8.42 Å². The molecule has 0 amide bonds. The van der Waals surface area contributed by atoms with Crippen LogP contribution in [0.25, 0.3) is 0 Å². The average molecular weight is 324 g/mol. The van der Waals surface area contributed by atoms with Crippen LogP contribution in [0.3, 0.4) is 0 Å². The van der Waals surface area contributed by atoms with Crippen molar-refractivity contribution in [1.82, 2.24) is 4.72 Å². The van der Waals surface area contributed by atoms with E-state index in [1.807, 2.05) is 36.6 Å². The van der Waals surface area contributed by atoms with Crippen LogP contribution in [0.1, 0.15) is 29.8 Å². The number of rotatable bonds is 7. The van der Waals surface area contributed by atoms with Crippen molar-refractivity contribution in [3.8, 4) is 0 Å². The zero-order chi connectivity index (χ0) is 15.3. The molecule has 0 aliphatic carbocycles. The second-order valence-electron chi connectivity index (χ2n) is 4.78. The zero-order valence-electron chi connectivity index (χ0n) is 12.0. The smallest absolute Gasteiger partial charge is 0.241 e. The molecule has 1 aromatic carbocycles. The summed E-state index contributed by atoms with van der Waals surface area (Å²) < 4.78 is 27.6. The van der Waals surface area contributed by atoms with Crippen molar-refractivity contribution in [3.05, 3.63) is 52.2 Å². The summed E-state index contributed by atoms with van der Waals surface area (Å²) in [5, 5.41) is 1.95. The van der Waals surface area contributed by atoms with Gasteiger partial charge >= 0.3 is 0 Å². The number of nitrogens with two attached hydrogens (primary N) is 1. The molecular formula is C15H20N2O2S2. The fourth-order valence-electron chi connectivity index (χ4n) is 2.09. The summed E-state index contributed by atoms with van der Waals surface area (Å²) in [4.78, 5) is 1.32. The number of nitrogens with one attached hydrogen (secondary N) is 1. The summed E-state index contributed by atoms with van der Waals surface area (Å²) in [5.74, 6) is 0. The van der Waals surface area contributed by atoms with Gasteiger partial charge in [-0.2, -0.15) is 0 Å². The minimum atomic E-state index is -3.50. The van der Waals surface area contributed by atoms with E-state index < -0.39 is 10.0 Å². The first-order valence-corrected chi connectivity index (χ1v) is 9.28. The van der Waals surface area contributed by atoms with Crippen molar-refractivity contribution >= 4 is 21.4 Å². The van der Waals surface area contributed by atoms with Crippen molar-refractivity contribution in [2.24, 2.45) is 5.73 Å². The molecule has 2 aromatic rings. The van der Waals surface area contributed by atoms with Crippen molar-refractivity contribution in [2.75, 3.05) is 6.54 Å². The highest BCUT2D eigenvalue weighted by atomic mass is 32.2. The van der Waals surface area contributed by atoms with Crippen LogP contribution in [0.5, 0.6) is 0 Å². The highest BCUT2D eigenvalue weighted by molar-refractivity contribution is 7.89. The van der Waals surface area contributed by atoms with Crippen molar-refractivity contribution in [2.45, 2.75) is 30.7 Å². The van der Waals surface area contributed by atoms with Gasteiger partial charge in [-0.15, -0.1) is 11.3 Å². The second-order valence-corrected chi connectivity index (χ2v) is 7.47. The quantitative estimate of drug-likeness (QED) is 0.822. The highest BCUT2D eigenvalue weighted by Crippen LogP contribution is 2.24. The minimum Gasteiger partial charge on any atom is -0.330 e. The van der Waals surface area contributed by atoms with Crippen LogP contribution < -0.4 is 10.5 Å². The average Bonchev–Trinajstić information content (AvgIpc) is 3.00. The molecule has 0 fully saturated rings. The molecule has 0 saturated carbocycles. The second kappa shape index (κ2) is 7.17. The molecule has 0 spiro atoms. The maximum Gasteiger partial charge on any atom is 0.241 e. The van der Waals surface area contributed by atoms with Gasteiger partial charge in [-0.05, 0) is 48.5 Å². The summed E-state index contributed by atoms with van der Waals surface area (Å²) in [6.45, 7) is 2.53. The molecule has 114 valence electrons. The highest BCUT2D eigenvalue weighted by Gasteiger charge is 2.20. The standard InChI is InChI=1S/C15H20N2O2S2/c1-2-14(15-4-3-11-20-15)17-21(18,19)13-7-5-12(6-8-13)9-10-16/h3-8,11,14,17H,2,9-10,16H2,1H3. The van der Waals surface area contributed by atoms with Crippen LogP contribution in [0.4, 0.5) is 0 Å². The minimum absolute atomic E-state index is 0.182. The Hall–Kier alpha value is -1.21. The van der Waals surface area contributed by atoms with Gasteiger partial charge in [0.05, 0.1) is 10.9 Å². The Kier molecular flexibility index (Phi) is 5.52. The summed E-state index contributed by atoms with van der Waals surface area (Å²) in [5.41, 5.74) is 6.54. The molecule has 21 heavy (non-hydrogen) atoms. The van der Waals surface area contributed by atoms with E-state index in [0.717, 1.165) is 16.9 Å². The van der Waals surface area contributed by atoms with Crippen molar-refractivity contribution in [1.29, 1.82) is 0 Å². The van der Waals surface area contributed by atoms with E-state index in [0.29, 0.717) is 17.9 Å². The SMILES string of the molecule is CCC(NS(=O)(=O)c1ccc(CCN)cc1)c1cccs1. The van der Waals surface area contributed by atoms with E-state index in [1.54, 1.807) is 23.5 Å². The van der Waals surface area contributed by atoms with Gasteiger partial charge in [-0.25, -0.2) is 13.1 Å². The van der Waals surface area contributed by atoms with Gasteiger partial charge in [0.25, 0.3) is 0 Å². The summed E-state index contributed by atoms with van der Waals surface area (Å²) >= 11 is 1.56. The Morgan fingerprint density at radius 1 is 1.24 bits per heavy atom. The Labute approximate surface area is 130 Å². The topological polar surface area (TPSA) is 72.2 Å². The van der Waals surface area contributed by atoms with Crippen LogP contribution >= 0.6 is 11.3 Å². The van der Waals surface area contributed by atoms with Crippen LogP contribution in [-0.4, -0.2) is 15.0 Å².